The highest BCUT2D eigenvalue weighted by Crippen LogP contribution is 2.27. The zero-order valence-corrected chi connectivity index (χ0v) is 10.6. The molecule has 2 rings (SSSR count). The van der Waals surface area contributed by atoms with E-state index in [4.69, 9.17) is 4.42 Å². The van der Waals surface area contributed by atoms with E-state index in [-0.39, 0.29) is 17.9 Å². The Morgan fingerprint density at radius 2 is 2.00 bits per heavy atom. The van der Waals surface area contributed by atoms with Gasteiger partial charge in [-0.05, 0) is 13.1 Å². The zero-order valence-electron chi connectivity index (χ0n) is 10.6. The molecule has 7 heteroatoms. The number of fused-ring (bicyclic) bond motifs is 1. The van der Waals surface area contributed by atoms with Crippen molar-refractivity contribution in [3.8, 4) is 0 Å². The van der Waals surface area contributed by atoms with Crippen LogP contribution in [0.2, 0.25) is 0 Å². The van der Waals surface area contributed by atoms with Gasteiger partial charge in [-0.25, -0.2) is 4.79 Å². The number of carbonyl (C=O) groups is 1. The molecule has 1 aromatic carbocycles. The Morgan fingerprint density at radius 3 is 2.60 bits per heavy atom. The fourth-order valence-electron chi connectivity index (χ4n) is 2.05. The molecule has 0 saturated heterocycles. The number of nitrogens with zero attached hydrogens (tertiary/aromatic N) is 1. The van der Waals surface area contributed by atoms with Crippen LogP contribution in [0.5, 0.6) is 0 Å². The van der Waals surface area contributed by atoms with E-state index in [0.717, 1.165) is 4.90 Å². The van der Waals surface area contributed by atoms with E-state index in [9.17, 15) is 23.1 Å². The first kappa shape index (κ1) is 14.4. The summed E-state index contributed by atoms with van der Waals surface area (Å²) in [6.07, 6.45) is -4.34. The third-order valence-corrected chi connectivity index (χ3v) is 2.74. The normalized spacial score (nSPS) is 12.2. The molecule has 2 aromatic rings. The van der Waals surface area contributed by atoms with Crippen molar-refractivity contribution in [3.05, 3.63) is 35.6 Å². The van der Waals surface area contributed by atoms with E-state index < -0.39 is 18.7 Å². The quantitative estimate of drug-likeness (QED) is 0.938. The van der Waals surface area contributed by atoms with Gasteiger partial charge in [0.25, 0.3) is 0 Å². The maximum absolute atomic E-state index is 12.3. The minimum absolute atomic E-state index is 0.0189. The molecule has 20 heavy (non-hydrogen) atoms. The van der Waals surface area contributed by atoms with Crippen molar-refractivity contribution >= 4 is 16.9 Å². The van der Waals surface area contributed by atoms with Gasteiger partial charge in [0, 0.05) is 5.39 Å². The molecular weight excluding hydrogens is 275 g/mol. The molecule has 0 radical (unpaired) electrons. The van der Waals surface area contributed by atoms with Gasteiger partial charge in [-0.2, -0.15) is 13.2 Å². The largest absolute Gasteiger partial charge is 0.478 e. The van der Waals surface area contributed by atoms with Gasteiger partial charge in [0.2, 0.25) is 0 Å². The molecule has 0 aliphatic rings. The van der Waals surface area contributed by atoms with Crippen LogP contribution in [0, 0.1) is 0 Å². The van der Waals surface area contributed by atoms with Crippen LogP contribution in [-0.2, 0) is 6.54 Å². The molecule has 0 aliphatic heterocycles. The number of hydrogen-bond acceptors (Lipinski definition) is 3. The topological polar surface area (TPSA) is 53.7 Å². The standard InChI is InChI=1S/C13H12F3NO3/c1-17(7-13(14,15)16)6-10-11(12(18)19)8-4-2-3-5-9(8)20-10/h2-5H,6-7H2,1H3,(H,18,19). The van der Waals surface area contributed by atoms with E-state index >= 15 is 0 Å². The summed E-state index contributed by atoms with van der Waals surface area (Å²) in [5, 5.41) is 9.58. The Labute approximate surface area is 112 Å². The lowest BCUT2D eigenvalue weighted by molar-refractivity contribution is -0.144. The van der Waals surface area contributed by atoms with E-state index in [0.29, 0.717) is 11.0 Å². The molecule has 1 N–H and O–H groups in total. The predicted molar refractivity (Wildman–Crippen MR) is 65.6 cm³/mol. The average Bonchev–Trinajstić information content (AvgIpc) is 2.63. The van der Waals surface area contributed by atoms with E-state index in [1.54, 1.807) is 24.3 Å². The number of alkyl halides is 3. The summed E-state index contributed by atoms with van der Waals surface area (Å²) < 4.78 is 42.2. The Kier molecular flexibility index (Phi) is 3.71. The van der Waals surface area contributed by atoms with E-state index in [1.165, 1.54) is 7.05 Å². The van der Waals surface area contributed by atoms with Crippen molar-refractivity contribution in [2.45, 2.75) is 12.7 Å². The molecule has 0 unspecified atom stereocenters. The molecule has 1 heterocycles. The van der Waals surface area contributed by atoms with Crippen molar-refractivity contribution in [3.63, 3.8) is 0 Å². The van der Waals surface area contributed by atoms with Gasteiger partial charge in [0.15, 0.2) is 0 Å². The first-order valence-corrected chi connectivity index (χ1v) is 5.77. The molecule has 1 aromatic heterocycles. The lowest BCUT2D eigenvalue weighted by Gasteiger charge is -2.17. The highest BCUT2D eigenvalue weighted by atomic mass is 19.4. The van der Waals surface area contributed by atoms with Gasteiger partial charge in [-0.15, -0.1) is 0 Å². The maximum atomic E-state index is 12.3. The van der Waals surface area contributed by atoms with Crippen LogP contribution in [0.3, 0.4) is 0 Å². The van der Waals surface area contributed by atoms with Gasteiger partial charge in [-0.3, -0.25) is 4.90 Å². The smallest absolute Gasteiger partial charge is 0.401 e. The molecule has 0 fully saturated rings. The number of carboxylic acids is 1. The number of benzene rings is 1. The Hall–Kier alpha value is -2.02. The molecule has 0 spiro atoms. The number of aromatic carboxylic acids is 1. The molecular formula is C13H12F3NO3. The van der Waals surface area contributed by atoms with Crippen molar-refractivity contribution in [1.29, 1.82) is 0 Å². The van der Waals surface area contributed by atoms with E-state index in [1.807, 2.05) is 0 Å². The van der Waals surface area contributed by atoms with Crippen molar-refractivity contribution in [1.82, 2.24) is 4.90 Å². The average molecular weight is 287 g/mol. The second-order valence-electron chi connectivity index (χ2n) is 4.49. The second-order valence-corrected chi connectivity index (χ2v) is 4.49. The van der Waals surface area contributed by atoms with Crippen LogP contribution in [-0.4, -0.2) is 35.7 Å². The summed E-state index contributed by atoms with van der Waals surface area (Å²) in [4.78, 5) is 12.2. The van der Waals surface area contributed by atoms with Crippen LogP contribution in [0.15, 0.2) is 28.7 Å². The van der Waals surface area contributed by atoms with E-state index in [2.05, 4.69) is 0 Å². The molecule has 0 bridgehead atoms. The number of carboxylic acid groups (broad SMARTS) is 1. The Morgan fingerprint density at radius 1 is 1.35 bits per heavy atom. The van der Waals surface area contributed by atoms with Gasteiger partial charge < -0.3 is 9.52 Å². The third kappa shape index (κ3) is 3.11. The van der Waals surface area contributed by atoms with Crippen LogP contribution >= 0.6 is 0 Å². The first-order chi connectivity index (χ1) is 9.28. The van der Waals surface area contributed by atoms with Gasteiger partial charge in [-0.1, -0.05) is 18.2 Å². The fraction of sp³-hybridized carbons (Fsp3) is 0.308. The fourth-order valence-corrected chi connectivity index (χ4v) is 2.05. The summed E-state index contributed by atoms with van der Waals surface area (Å²) in [5.74, 6) is -1.20. The highest BCUT2D eigenvalue weighted by molar-refractivity contribution is 6.03. The summed E-state index contributed by atoms with van der Waals surface area (Å²) in [6.45, 7) is -1.36. The molecule has 108 valence electrons. The SMILES string of the molecule is CN(Cc1oc2ccccc2c1C(=O)O)CC(F)(F)F. The van der Waals surface area contributed by atoms with Gasteiger partial charge in [0.05, 0.1) is 13.1 Å². The van der Waals surface area contributed by atoms with Crippen LogP contribution in [0.4, 0.5) is 13.2 Å². The molecule has 4 nitrogen and oxygen atoms in total. The molecule has 0 atom stereocenters. The Bertz CT molecular complexity index is 633. The number of halogens is 3. The lowest BCUT2D eigenvalue weighted by Crippen LogP contribution is -2.30. The lowest BCUT2D eigenvalue weighted by atomic mass is 10.1. The molecule has 0 aliphatic carbocycles. The predicted octanol–water partition coefficient (Wildman–Crippen LogP) is 3.13. The number of furan rings is 1. The number of hydrogen-bond donors (Lipinski definition) is 1. The summed E-state index contributed by atoms with van der Waals surface area (Å²) in [5.41, 5.74) is 0.259. The molecule has 0 amide bonds. The van der Waals surface area contributed by atoms with Crippen LogP contribution < -0.4 is 0 Å². The zero-order chi connectivity index (χ0) is 14.9. The minimum Gasteiger partial charge on any atom is -0.478 e. The summed E-state index contributed by atoms with van der Waals surface area (Å²) in [7, 11) is 1.26. The van der Waals surface area contributed by atoms with Crippen molar-refractivity contribution in [2.24, 2.45) is 0 Å². The summed E-state index contributed by atoms with van der Waals surface area (Å²) >= 11 is 0. The van der Waals surface area contributed by atoms with Crippen LogP contribution in [0.25, 0.3) is 11.0 Å². The number of rotatable bonds is 4. The minimum atomic E-state index is -4.34. The van der Waals surface area contributed by atoms with Crippen molar-refractivity contribution in [2.75, 3.05) is 13.6 Å². The van der Waals surface area contributed by atoms with Crippen molar-refractivity contribution < 1.29 is 27.5 Å². The monoisotopic (exact) mass is 287 g/mol. The summed E-state index contributed by atoms with van der Waals surface area (Å²) in [6, 6.07) is 6.46. The first-order valence-electron chi connectivity index (χ1n) is 5.77. The third-order valence-electron chi connectivity index (χ3n) is 2.74. The molecule has 0 saturated carbocycles. The van der Waals surface area contributed by atoms with Crippen LogP contribution in [0.1, 0.15) is 16.1 Å². The maximum Gasteiger partial charge on any atom is 0.401 e. The number of para-hydroxylation sites is 1. The second kappa shape index (κ2) is 5.16. The van der Waals surface area contributed by atoms with Gasteiger partial charge >= 0.3 is 12.1 Å². The van der Waals surface area contributed by atoms with Gasteiger partial charge in [0.1, 0.15) is 16.9 Å². The Balaban J connectivity index is 2.34. The highest BCUT2D eigenvalue weighted by Gasteiger charge is 2.30.